The van der Waals surface area contributed by atoms with Gasteiger partial charge in [0, 0.05) is 6.20 Å². The molecule has 1 fully saturated rings. The number of carbonyl (C=O) groups is 1. The van der Waals surface area contributed by atoms with Crippen LogP contribution in [0, 0.1) is 0 Å². The second-order valence-corrected chi connectivity index (χ2v) is 4.95. The lowest BCUT2D eigenvalue weighted by Crippen LogP contribution is -2.40. The van der Waals surface area contributed by atoms with Gasteiger partial charge in [0.05, 0.1) is 24.0 Å². The van der Waals surface area contributed by atoms with Crippen molar-refractivity contribution in [2.45, 2.75) is 25.4 Å². The monoisotopic (exact) mass is 270 g/mol. The van der Waals surface area contributed by atoms with E-state index in [1.165, 1.54) is 0 Å². The number of hydrogen-bond donors (Lipinski definition) is 2. The highest BCUT2D eigenvalue weighted by Gasteiger charge is 2.21. The van der Waals surface area contributed by atoms with Crippen LogP contribution in [0.2, 0.25) is 0 Å². The van der Waals surface area contributed by atoms with Gasteiger partial charge in [-0.3, -0.25) is 4.79 Å². The van der Waals surface area contributed by atoms with E-state index in [0.717, 1.165) is 30.8 Å². The normalized spacial score (nSPS) is 18.1. The molecule has 1 aliphatic rings. The number of aromatic nitrogens is 2. The number of hydrogen-bond acceptors (Lipinski definition) is 3. The van der Waals surface area contributed by atoms with E-state index in [9.17, 15) is 4.79 Å². The maximum absolute atomic E-state index is 11.9. The zero-order chi connectivity index (χ0) is 13.8. The Hall–Kier alpha value is -2.14. The fraction of sp³-hybridized carbons (Fsp3) is 0.333. The molecule has 1 aromatic carbocycles. The number of nitrogens with zero attached hydrogens (tertiary/aromatic N) is 2. The molecule has 0 aliphatic carbocycles. The molecule has 0 bridgehead atoms. The summed E-state index contributed by atoms with van der Waals surface area (Å²) in [5, 5.41) is 10.6. The molecule has 1 aliphatic heterocycles. The minimum atomic E-state index is -0.0359. The molecule has 1 atom stereocenters. The molecule has 3 rings (SSSR count). The SMILES string of the molecule is O=C(NCc1ccn(-c2ccccc2)n1)C1CCCN1. The van der Waals surface area contributed by atoms with Crippen molar-refractivity contribution in [2.24, 2.45) is 0 Å². The summed E-state index contributed by atoms with van der Waals surface area (Å²) in [7, 11) is 0. The highest BCUT2D eigenvalue weighted by molar-refractivity contribution is 5.81. The van der Waals surface area contributed by atoms with Crippen LogP contribution in [0.25, 0.3) is 5.69 Å². The minimum Gasteiger partial charge on any atom is -0.349 e. The molecular formula is C15H18N4O. The van der Waals surface area contributed by atoms with Crippen molar-refractivity contribution in [2.75, 3.05) is 6.54 Å². The Morgan fingerprint density at radius 2 is 2.20 bits per heavy atom. The first kappa shape index (κ1) is 12.9. The van der Waals surface area contributed by atoms with E-state index >= 15 is 0 Å². The Morgan fingerprint density at radius 1 is 1.35 bits per heavy atom. The Balaban J connectivity index is 1.59. The summed E-state index contributed by atoms with van der Waals surface area (Å²) in [5.41, 5.74) is 1.88. The van der Waals surface area contributed by atoms with Crippen LogP contribution in [-0.2, 0) is 11.3 Å². The number of para-hydroxylation sites is 1. The summed E-state index contributed by atoms with van der Waals surface area (Å²) in [4.78, 5) is 11.9. The van der Waals surface area contributed by atoms with Crippen molar-refractivity contribution in [3.05, 3.63) is 48.3 Å². The molecule has 1 aromatic heterocycles. The summed E-state index contributed by atoms with van der Waals surface area (Å²) >= 11 is 0. The molecule has 0 spiro atoms. The van der Waals surface area contributed by atoms with Crippen LogP contribution in [-0.4, -0.2) is 28.3 Å². The number of rotatable bonds is 4. The van der Waals surface area contributed by atoms with Gasteiger partial charge in [-0.25, -0.2) is 4.68 Å². The predicted octanol–water partition coefficient (Wildman–Crippen LogP) is 1.24. The fourth-order valence-electron chi connectivity index (χ4n) is 2.39. The lowest BCUT2D eigenvalue weighted by Gasteiger charge is -2.09. The molecule has 2 aromatic rings. The maximum Gasteiger partial charge on any atom is 0.237 e. The van der Waals surface area contributed by atoms with E-state index in [1.54, 1.807) is 0 Å². The molecule has 2 N–H and O–H groups in total. The zero-order valence-corrected chi connectivity index (χ0v) is 11.2. The molecule has 0 radical (unpaired) electrons. The molecule has 0 saturated carbocycles. The van der Waals surface area contributed by atoms with E-state index in [1.807, 2.05) is 47.3 Å². The van der Waals surface area contributed by atoms with Crippen molar-refractivity contribution in [3.63, 3.8) is 0 Å². The molecular weight excluding hydrogens is 252 g/mol. The maximum atomic E-state index is 11.9. The number of amides is 1. The minimum absolute atomic E-state index is 0.0359. The Morgan fingerprint density at radius 3 is 2.95 bits per heavy atom. The predicted molar refractivity (Wildman–Crippen MR) is 76.4 cm³/mol. The van der Waals surface area contributed by atoms with E-state index < -0.39 is 0 Å². The van der Waals surface area contributed by atoms with Gasteiger partial charge in [-0.2, -0.15) is 5.10 Å². The van der Waals surface area contributed by atoms with Gasteiger partial charge in [0.25, 0.3) is 0 Å². The standard InChI is InChI=1S/C15H18N4O/c20-15(14-7-4-9-16-14)17-11-12-8-10-19(18-12)13-5-2-1-3-6-13/h1-3,5-6,8,10,14,16H,4,7,9,11H2,(H,17,20). The Labute approximate surface area is 118 Å². The highest BCUT2D eigenvalue weighted by atomic mass is 16.2. The topological polar surface area (TPSA) is 59.0 Å². The van der Waals surface area contributed by atoms with Gasteiger partial charge in [-0.05, 0) is 37.6 Å². The molecule has 5 heteroatoms. The van der Waals surface area contributed by atoms with Gasteiger partial charge in [-0.15, -0.1) is 0 Å². The van der Waals surface area contributed by atoms with Crippen LogP contribution in [0.4, 0.5) is 0 Å². The number of carbonyl (C=O) groups excluding carboxylic acids is 1. The molecule has 1 amide bonds. The molecule has 2 heterocycles. The van der Waals surface area contributed by atoms with Crippen LogP contribution in [0.5, 0.6) is 0 Å². The molecule has 20 heavy (non-hydrogen) atoms. The van der Waals surface area contributed by atoms with Crippen molar-refractivity contribution in [3.8, 4) is 5.69 Å². The van der Waals surface area contributed by atoms with Gasteiger partial charge in [0.15, 0.2) is 0 Å². The molecule has 5 nitrogen and oxygen atoms in total. The third kappa shape index (κ3) is 2.88. The van der Waals surface area contributed by atoms with Crippen LogP contribution in [0.15, 0.2) is 42.6 Å². The lowest BCUT2D eigenvalue weighted by molar-refractivity contribution is -0.122. The average molecular weight is 270 g/mol. The largest absolute Gasteiger partial charge is 0.349 e. The summed E-state index contributed by atoms with van der Waals surface area (Å²) in [6, 6.07) is 11.8. The van der Waals surface area contributed by atoms with Crippen molar-refractivity contribution in [1.29, 1.82) is 0 Å². The first-order valence-electron chi connectivity index (χ1n) is 6.94. The number of benzene rings is 1. The van der Waals surface area contributed by atoms with Crippen molar-refractivity contribution in [1.82, 2.24) is 20.4 Å². The smallest absolute Gasteiger partial charge is 0.237 e. The summed E-state index contributed by atoms with van der Waals surface area (Å²) in [5.74, 6) is 0.0664. The van der Waals surface area contributed by atoms with E-state index in [2.05, 4.69) is 15.7 Å². The van der Waals surface area contributed by atoms with Gasteiger partial charge in [-0.1, -0.05) is 18.2 Å². The van der Waals surface area contributed by atoms with E-state index in [-0.39, 0.29) is 11.9 Å². The molecule has 1 unspecified atom stereocenters. The van der Waals surface area contributed by atoms with Crippen LogP contribution >= 0.6 is 0 Å². The van der Waals surface area contributed by atoms with E-state index in [0.29, 0.717) is 6.54 Å². The first-order valence-corrected chi connectivity index (χ1v) is 6.94. The quantitative estimate of drug-likeness (QED) is 0.879. The van der Waals surface area contributed by atoms with Gasteiger partial charge < -0.3 is 10.6 Å². The second kappa shape index (κ2) is 5.88. The zero-order valence-electron chi connectivity index (χ0n) is 11.2. The fourth-order valence-corrected chi connectivity index (χ4v) is 2.39. The van der Waals surface area contributed by atoms with Gasteiger partial charge in [0.1, 0.15) is 0 Å². The summed E-state index contributed by atoms with van der Waals surface area (Å²) in [6.45, 7) is 1.40. The van der Waals surface area contributed by atoms with Crippen LogP contribution in [0.3, 0.4) is 0 Å². The molecule has 1 saturated heterocycles. The average Bonchev–Trinajstić information content (AvgIpc) is 3.17. The third-order valence-corrected chi connectivity index (χ3v) is 3.49. The van der Waals surface area contributed by atoms with E-state index in [4.69, 9.17) is 0 Å². The first-order chi connectivity index (χ1) is 9.83. The summed E-state index contributed by atoms with van der Waals surface area (Å²) in [6.07, 6.45) is 3.90. The number of nitrogens with one attached hydrogen (secondary N) is 2. The highest BCUT2D eigenvalue weighted by Crippen LogP contribution is 2.08. The van der Waals surface area contributed by atoms with Crippen molar-refractivity contribution < 1.29 is 4.79 Å². The van der Waals surface area contributed by atoms with Crippen molar-refractivity contribution >= 4 is 5.91 Å². The van der Waals surface area contributed by atoms with Crippen LogP contribution < -0.4 is 10.6 Å². The summed E-state index contributed by atoms with van der Waals surface area (Å²) < 4.78 is 1.81. The third-order valence-electron chi connectivity index (χ3n) is 3.49. The van der Waals surface area contributed by atoms with Crippen LogP contribution in [0.1, 0.15) is 18.5 Å². The lowest BCUT2D eigenvalue weighted by atomic mass is 10.2. The van der Waals surface area contributed by atoms with Gasteiger partial charge in [0.2, 0.25) is 5.91 Å². The second-order valence-electron chi connectivity index (χ2n) is 4.95. The molecule has 104 valence electrons. The Bertz CT molecular complexity index is 573. The Kier molecular flexibility index (Phi) is 3.78. The van der Waals surface area contributed by atoms with Gasteiger partial charge >= 0.3 is 0 Å².